The Labute approximate surface area is 156 Å². The molecule has 5 heteroatoms. The Kier molecular flexibility index (Phi) is 4.41. The van der Waals surface area contributed by atoms with Crippen LogP contribution < -0.4 is 4.90 Å². The van der Waals surface area contributed by atoms with Crippen LogP contribution in [0.5, 0.6) is 5.75 Å². The van der Waals surface area contributed by atoms with Crippen molar-refractivity contribution in [2.75, 3.05) is 18.0 Å². The number of aryl methyl sites for hydroxylation is 1. The number of benzene rings is 2. The molecule has 1 aliphatic rings. The van der Waals surface area contributed by atoms with Gasteiger partial charge in [0.15, 0.2) is 11.6 Å². The fourth-order valence-corrected chi connectivity index (χ4v) is 4.44. The first-order valence-electron chi connectivity index (χ1n) is 8.70. The van der Waals surface area contributed by atoms with Crippen LogP contribution in [0.4, 0.5) is 10.1 Å². The summed E-state index contributed by atoms with van der Waals surface area (Å²) in [6.07, 6.45) is 2.48. The molecule has 1 N–H and O–H groups in total. The lowest BCUT2D eigenvalue weighted by Gasteiger charge is -2.17. The lowest BCUT2D eigenvalue weighted by atomic mass is 10.1. The summed E-state index contributed by atoms with van der Waals surface area (Å²) in [6.45, 7) is 7.83. The number of rotatable bonds is 3. The van der Waals surface area contributed by atoms with Crippen molar-refractivity contribution in [2.24, 2.45) is 0 Å². The van der Waals surface area contributed by atoms with Gasteiger partial charge in [0, 0.05) is 24.3 Å². The minimum atomic E-state index is -0.655. The van der Waals surface area contributed by atoms with Crippen LogP contribution in [-0.4, -0.2) is 23.2 Å². The molecule has 1 aliphatic heterocycles. The summed E-state index contributed by atoms with van der Waals surface area (Å²) in [7, 11) is 0. The van der Waals surface area contributed by atoms with E-state index in [2.05, 4.69) is 36.1 Å². The van der Waals surface area contributed by atoms with Crippen LogP contribution in [0.25, 0.3) is 21.0 Å². The van der Waals surface area contributed by atoms with Crippen LogP contribution in [0.3, 0.4) is 0 Å². The second kappa shape index (κ2) is 6.72. The zero-order valence-electron chi connectivity index (χ0n) is 14.6. The second-order valence-electron chi connectivity index (χ2n) is 6.64. The van der Waals surface area contributed by atoms with Gasteiger partial charge in [-0.15, -0.1) is 11.3 Å². The van der Waals surface area contributed by atoms with Gasteiger partial charge >= 0.3 is 0 Å². The Morgan fingerprint density at radius 2 is 1.92 bits per heavy atom. The SMILES string of the molecule is [CH2]c1cc(-c2sc(-c3cccc(N4CCCC4)c3)nc2C)cc(F)c1O. The third kappa shape index (κ3) is 3.07. The summed E-state index contributed by atoms with van der Waals surface area (Å²) < 4.78 is 13.9. The molecule has 1 fully saturated rings. The highest BCUT2D eigenvalue weighted by Crippen LogP contribution is 2.38. The van der Waals surface area contributed by atoms with Crippen LogP contribution in [0.1, 0.15) is 24.1 Å². The molecule has 3 nitrogen and oxygen atoms in total. The zero-order valence-corrected chi connectivity index (χ0v) is 15.4. The van der Waals surface area contributed by atoms with Gasteiger partial charge < -0.3 is 10.0 Å². The molecule has 0 bridgehead atoms. The highest BCUT2D eigenvalue weighted by Gasteiger charge is 2.17. The Bertz CT molecular complexity index is 937. The topological polar surface area (TPSA) is 36.4 Å². The maximum atomic E-state index is 13.9. The third-order valence-electron chi connectivity index (χ3n) is 4.77. The molecule has 26 heavy (non-hydrogen) atoms. The molecule has 1 aromatic heterocycles. The minimum absolute atomic E-state index is 0.283. The average Bonchev–Trinajstić information content (AvgIpc) is 3.29. The Hall–Kier alpha value is -2.40. The number of hydrogen-bond acceptors (Lipinski definition) is 4. The summed E-state index contributed by atoms with van der Waals surface area (Å²) in [4.78, 5) is 8.00. The van der Waals surface area contributed by atoms with Crippen LogP contribution >= 0.6 is 11.3 Å². The van der Waals surface area contributed by atoms with Gasteiger partial charge in [-0.1, -0.05) is 12.1 Å². The van der Waals surface area contributed by atoms with Crippen molar-refractivity contribution in [2.45, 2.75) is 19.8 Å². The summed E-state index contributed by atoms with van der Waals surface area (Å²) >= 11 is 1.53. The van der Waals surface area contributed by atoms with E-state index >= 15 is 0 Å². The predicted molar refractivity (Wildman–Crippen MR) is 105 cm³/mol. The molecule has 3 aromatic rings. The molecule has 1 radical (unpaired) electrons. The number of nitrogens with zero attached hydrogens (tertiary/aromatic N) is 2. The molecule has 133 valence electrons. The number of hydrogen-bond donors (Lipinski definition) is 1. The molecular weight excluding hydrogens is 347 g/mol. The smallest absolute Gasteiger partial charge is 0.165 e. The van der Waals surface area contributed by atoms with E-state index in [1.807, 2.05) is 6.92 Å². The molecule has 1 saturated heterocycles. The molecule has 0 aliphatic carbocycles. The quantitative estimate of drug-likeness (QED) is 0.672. The van der Waals surface area contributed by atoms with Gasteiger partial charge in [0.05, 0.1) is 10.6 Å². The van der Waals surface area contributed by atoms with Crippen molar-refractivity contribution in [1.29, 1.82) is 0 Å². The summed E-state index contributed by atoms with van der Waals surface area (Å²) in [5.74, 6) is -1.05. The van der Waals surface area contributed by atoms with E-state index in [9.17, 15) is 9.50 Å². The molecule has 2 aromatic carbocycles. The fraction of sp³-hybridized carbons (Fsp3) is 0.238. The van der Waals surface area contributed by atoms with Crippen LogP contribution in [0.2, 0.25) is 0 Å². The normalized spacial score (nSPS) is 14.2. The number of halogens is 1. The van der Waals surface area contributed by atoms with Crippen molar-refractivity contribution in [1.82, 2.24) is 4.98 Å². The Morgan fingerprint density at radius 3 is 2.65 bits per heavy atom. The largest absolute Gasteiger partial charge is 0.505 e. The van der Waals surface area contributed by atoms with E-state index < -0.39 is 11.6 Å². The van der Waals surface area contributed by atoms with Crippen molar-refractivity contribution >= 4 is 17.0 Å². The van der Waals surface area contributed by atoms with Crippen molar-refractivity contribution in [3.63, 3.8) is 0 Å². The van der Waals surface area contributed by atoms with Gasteiger partial charge in [0.25, 0.3) is 0 Å². The first-order chi connectivity index (χ1) is 12.5. The summed E-state index contributed by atoms with van der Waals surface area (Å²) in [5.41, 5.74) is 4.13. The number of phenols is 1. The molecule has 0 saturated carbocycles. The maximum Gasteiger partial charge on any atom is 0.165 e. The first-order valence-corrected chi connectivity index (χ1v) is 9.52. The zero-order chi connectivity index (χ0) is 18.3. The maximum absolute atomic E-state index is 13.9. The molecular formula is C21H20FN2OS. The van der Waals surface area contributed by atoms with Gasteiger partial charge in [-0.3, -0.25) is 0 Å². The Morgan fingerprint density at radius 1 is 1.15 bits per heavy atom. The molecule has 4 rings (SSSR count). The van der Waals surface area contributed by atoms with Gasteiger partial charge in [-0.2, -0.15) is 0 Å². The minimum Gasteiger partial charge on any atom is -0.505 e. The number of thiazole rings is 1. The van der Waals surface area contributed by atoms with Crippen LogP contribution in [0.15, 0.2) is 36.4 Å². The van der Waals surface area contributed by atoms with Gasteiger partial charge in [-0.05, 0) is 62.1 Å². The molecule has 0 unspecified atom stereocenters. The number of anilines is 1. The van der Waals surface area contributed by atoms with E-state index in [4.69, 9.17) is 4.98 Å². The number of aromatic nitrogens is 1. The van der Waals surface area contributed by atoms with E-state index in [-0.39, 0.29) is 5.56 Å². The van der Waals surface area contributed by atoms with Gasteiger partial charge in [0.1, 0.15) is 5.01 Å². The highest BCUT2D eigenvalue weighted by molar-refractivity contribution is 7.18. The average molecular weight is 367 g/mol. The number of aromatic hydroxyl groups is 1. The van der Waals surface area contributed by atoms with Gasteiger partial charge in [0.2, 0.25) is 0 Å². The van der Waals surface area contributed by atoms with Crippen molar-refractivity contribution in [3.05, 3.63) is 60.4 Å². The Balaban J connectivity index is 1.72. The van der Waals surface area contributed by atoms with E-state index in [0.717, 1.165) is 34.2 Å². The van der Waals surface area contributed by atoms with E-state index in [1.165, 1.54) is 35.9 Å². The van der Waals surface area contributed by atoms with E-state index in [1.54, 1.807) is 6.07 Å². The fourth-order valence-electron chi connectivity index (χ4n) is 3.39. The van der Waals surface area contributed by atoms with Gasteiger partial charge in [-0.25, -0.2) is 9.37 Å². The lowest BCUT2D eigenvalue weighted by Crippen LogP contribution is -2.17. The standard InChI is InChI=1S/C21H20FN2OS/c1-13-10-16(12-18(22)19(13)25)20-14(2)23-21(26-20)15-6-5-7-17(11-15)24-8-3-4-9-24/h5-7,10-12,25H,1,3-4,8-9H2,2H3. The lowest BCUT2D eigenvalue weighted by molar-refractivity contribution is 0.430. The molecule has 2 heterocycles. The third-order valence-corrected chi connectivity index (χ3v) is 6.02. The van der Waals surface area contributed by atoms with Crippen molar-refractivity contribution < 1.29 is 9.50 Å². The highest BCUT2D eigenvalue weighted by atomic mass is 32.1. The monoisotopic (exact) mass is 367 g/mol. The first kappa shape index (κ1) is 17.0. The molecule has 0 atom stereocenters. The second-order valence-corrected chi connectivity index (χ2v) is 7.64. The molecule has 0 amide bonds. The summed E-state index contributed by atoms with van der Waals surface area (Å²) in [5, 5.41) is 10.5. The van der Waals surface area contributed by atoms with Crippen LogP contribution in [0, 0.1) is 19.7 Å². The van der Waals surface area contributed by atoms with Crippen LogP contribution in [-0.2, 0) is 0 Å². The number of phenolic OH excluding ortho intramolecular Hbond substituents is 1. The predicted octanol–water partition coefficient (Wildman–Crippen LogP) is 5.41. The van der Waals surface area contributed by atoms with E-state index in [0.29, 0.717) is 5.56 Å². The van der Waals surface area contributed by atoms with Crippen molar-refractivity contribution in [3.8, 4) is 26.8 Å². The summed E-state index contributed by atoms with van der Waals surface area (Å²) in [6, 6.07) is 11.5. The molecule has 0 spiro atoms.